The normalized spacial score (nSPS) is 40.4. The van der Waals surface area contributed by atoms with Gasteiger partial charge in [-0.05, 0) is 80.5 Å². The molecule has 1 nitrogen and oxygen atoms in total. The van der Waals surface area contributed by atoms with Crippen LogP contribution in [0, 0.1) is 29.1 Å². The van der Waals surface area contributed by atoms with Gasteiger partial charge < -0.3 is 5.11 Å². The molecule has 0 spiro atoms. The van der Waals surface area contributed by atoms with Crippen LogP contribution < -0.4 is 0 Å². The van der Waals surface area contributed by atoms with Crippen molar-refractivity contribution in [1.82, 2.24) is 0 Å². The highest BCUT2D eigenvalue weighted by Gasteiger charge is 2.51. The number of rotatable bonds is 8. The van der Waals surface area contributed by atoms with Gasteiger partial charge in [-0.1, -0.05) is 39.5 Å². The van der Waals surface area contributed by atoms with Crippen LogP contribution in [0.4, 0.5) is 0 Å². The molecule has 2 atom stereocenters. The van der Waals surface area contributed by atoms with Gasteiger partial charge in [-0.3, -0.25) is 0 Å². The van der Waals surface area contributed by atoms with E-state index in [1.54, 1.807) is 0 Å². The fourth-order valence-electron chi connectivity index (χ4n) is 6.49. The third-order valence-electron chi connectivity index (χ3n) is 6.98. The molecule has 2 unspecified atom stereocenters. The minimum atomic E-state index is -0.0249. The number of hydrogen-bond donors (Lipinski definition) is 1. The monoisotopic (exact) mass is 292 g/mol. The van der Waals surface area contributed by atoms with Crippen molar-refractivity contribution in [2.45, 2.75) is 97.0 Å². The van der Waals surface area contributed by atoms with Crippen molar-refractivity contribution in [3.8, 4) is 0 Å². The molecule has 122 valence electrons. The second-order valence-corrected chi connectivity index (χ2v) is 8.93. The standard InChI is InChI=1S/C20H36O/c1-3-5-6-15(4-2)10-19(21)14-20-11-16-7-17(12-20)9-18(8-16)13-20/h15-19,21H,3-14H2,1-2H3. The smallest absolute Gasteiger partial charge is 0.0548 e. The average Bonchev–Trinajstić information content (AvgIpc) is 2.41. The molecule has 0 heterocycles. The highest BCUT2D eigenvalue weighted by molar-refractivity contribution is 5.02. The van der Waals surface area contributed by atoms with Crippen LogP contribution in [-0.4, -0.2) is 11.2 Å². The van der Waals surface area contributed by atoms with Crippen LogP contribution in [0.15, 0.2) is 0 Å². The maximum Gasteiger partial charge on any atom is 0.0548 e. The van der Waals surface area contributed by atoms with E-state index in [4.69, 9.17) is 0 Å². The summed E-state index contributed by atoms with van der Waals surface area (Å²) in [4.78, 5) is 0. The Kier molecular flexibility index (Phi) is 4.98. The average molecular weight is 293 g/mol. The van der Waals surface area contributed by atoms with E-state index in [1.807, 2.05) is 0 Å². The summed E-state index contributed by atoms with van der Waals surface area (Å²) in [6, 6.07) is 0. The molecular formula is C20H36O. The minimum Gasteiger partial charge on any atom is -0.393 e. The van der Waals surface area contributed by atoms with Gasteiger partial charge in [0, 0.05) is 0 Å². The fraction of sp³-hybridized carbons (Fsp3) is 1.00. The van der Waals surface area contributed by atoms with Crippen molar-refractivity contribution in [3.63, 3.8) is 0 Å². The molecule has 0 aromatic rings. The van der Waals surface area contributed by atoms with Crippen molar-refractivity contribution in [2.75, 3.05) is 0 Å². The predicted molar refractivity (Wildman–Crippen MR) is 89.2 cm³/mol. The highest BCUT2D eigenvalue weighted by atomic mass is 16.3. The first-order chi connectivity index (χ1) is 10.1. The number of unbranched alkanes of at least 4 members (excludes halogenated alkanes) is 1. The van der Waals surface area contributed by atoms with Gasteiger partial charge in [0.25, 0.3) is 0 Å². The van der Waals surface area contributed by atoms with Crippen LogP contribution in [0.2, 0.25) is 0 Å². The zero-order valence-corrected chi connectivity index (χ0v) is 14.3. The molecule has 0 saturated heterocycles. The molecular weight excluding hydrogens is 256 g/mol. The van der Waals surface area contributed by atoms with Gasteiger partial charge in [-0.25, -0.2) is 0 Å². The summed E-state index contributed by atoms with van der Waals surface area (Å²) in [7, 11) is 0. The second kappa shape index (κ2) is 6.60. The Balaban J connectivity index is 1.53. The molecule has 0 aromatic carbocycles. The summed E-state index contributed by atoms with van der Waals surface area (Å²) in [6.45, 7) is 4.58. The van der Waals surface area contributed by atoms with E-state index in [0.29, 0.717) is 5.41 Å². The SMILES string of the molecule is CCCCC(CC)CC(O)CC12CC3CC(CC(C3)C1)C2. The molecule has 4 rings (SSSR count). The Hall–Kier alpha value is -0.0400. The van der Waals surface area contributed by atoms with E-state index in [9.17, 15) is 5.11 Å². The molecule has 0 radical (unpaired) electrons. The van der Waals surface area contributed by atoms with Crippen LogP contribution in [0.5, 0.6) is 0 Å². The van der Waals surface area contributed by atoms with E-state index in [0.717, 1.165) is 36.5 Å². The zero-order chi connectivity index (χ0) is 14.9. The number of hydrogen-bond acceptors (Lipinski definition) is 1. The molecule has 0 amide bonds. The molecule has 4 bridgehead atoms. The van der Waals surface area contributed by atoms with Crippen molar-refractivity contribution in [2.24, 2.45) is 29.1 Å². The lowest BCUT2D eigenvalue weighted by molar-refractivity contribution is -0.0783. The van der Waals surface area contributed by atoms with Crippen molar-refractivity contribution < 1.29 is 5.11 Å². The van der Waals surface area contributed by atoms with Crippen molar-refractivity contribution >= 4 is 0 Å². The first-order valence-electron chi connectivity index (χ1n) is 9.80. The second-order valence-electron chi connectivity index (χ2n) is 8.93. The maximum atomic E-state index is 10.7. The first-order valence-corrected chi connectivity index (χ1v) is 9.80. The lowest BCUT2D eigenvalue weighted by Crippen LogP contribution is -2.47. The third kappa shape index (κ3) is 3.66. The van der Waals surface area contributed by atoms with Gasteiger partial charge in [0.2, 0.25) is 0 Å². The summed E-state index contributed by atoms with van der Waals surface area (Å²) < 4.78 is 0. The molecule has 4 aliphatic carbocycles. The van der Waals surface area contributed by atoms with Gasteiger partial charge >= 0.3 is 0 Å². The molecule has 1 heteroatoms. The van der Waals surface area contributed by atoms with Gasteiger partial charge in [-0.15, -0.1) is 0 Å². The molecule has 4 aliphatic rings. The summed E-state index contributed by atoms with van der Waals surface area (Å²) in [5.41, 5.74) is 0.553. The molecule has 21 heavy (non-hydrogen) atoms. The third-order valence-corrected chi connectivity index (χ3v) is 6.98. The van der Waals surface area contributed by atoms with E-state index >= 15 is 0 Å². The van der Waals surface area contributed by atoms with Crippen LogP contribution >= 0.6 is 0 Å². The highest BCUT2D eigenvalue weighted by Crippen LogP contribution is 2.61. The van der Waals surface area contributed by atoms with E-state index in [-0.39, 0.29) is 6.10 Å². The molecule has 4 saturated carbocycles. The Morgan fingerprint density at radius 3 is 2.05 bits per heavy atom. The van der Waals surface area contributed by atoms with Crippen LogP contribution in [0.25, 0.3) is 0 Å². The van der Waals surface area contributed by atoms with Gasteiger partial charge in [0.15, 0.2) is 0 Å². The summed E-state index contributed by atoms with van der Waals surface area (Å²) in [6.07, 6.45) is 16.3. The summed E-state index contributed by atoms with van der Waals surface area (Å²) in [5, 5.41) is 10.7. The van der Waals surface area contributed by atoms with E-state index in [1.165, 1.54) is 64.2 Å². The summed E-state index contributed by atoms with van der Waals surface area (Å²) in [5.74, 6) is 3.82. The predicted octanol–water partition coefficient (Wildman–Crippen LogP) is 5.56. The molecule has 1 N–H and O–H groups in total. The van der Waals surface area contributed by atoms with Gasteiger partial charge in [0.1, 0.15) is 0 Å². The number of aliphatic hydroxyl groups excluding tert-OH is 1. The Morgan fingerprint density at radius 2 is 1.57 bits per heavy atom. The lowest BCUT2D eigenvalue weighted by Gasteiger charge is -2.57. The lowest BCUT2D eigenvalue weighted by atomic mass is 9.48. The zero-order valence-electron chi connectivity index (χ0n) is 14.3. The van der Waals surface area contributed by atoms with Gasteiger partial charge in [0.05, 0.1) is 6.10 Å². The Bertz CT molecular complexity index is 299. The minimum absolute atomic E-state index is 0.0249. The quantitative estimate of drug-likeness (QED) is 0.621. The summed E-state index contributed by atoms with van der Waals surface area (Å²) >= 11 is 0. The largest absolute Gasteiger partial charge is 0.393 e. The van der Waals surface area contributed by atoms with Crippen molar-refractivity contribution in [1.29, 1.82) is 0 Å². The van der Waals surface area contributed by atoms with Crippen LogP contribution in [0.1, 0.15) is 90.9 Å². The fourth-order valence-corrected chi connectivity index (χ4v) is 6.49. The Labute approximate surface area is 131 Å². The van der Waals surface area contributed by atoms with Crippen molar-refractivity contribution in [3.05, 3.63) is 0 Å². The molecule has 0 aliphatic heterocycles. The Morgan fingerprint density at radius 1 is 1.00 bits per heavy atom. The van der Waals surface area contributed by atoms with Gasteiger partial charge in [-0.2, -0.15) is 0 Å². The van der Waals surface area contributed by atoms with Crippen LogP contribution in [-0.2, 0) is 0 Å². The molecule has 0 aromatic heterocycles. The topological polar surface area (TPSA) is 20.2 Å². The van der Waals surface area contributed by atoms with E-state index < -0.39 is 0 Å². The van der Waals surface area contributed by atoms with Crippen LogP contribution in [0.3, 0.4) is 0 Å². The van der Waals surface area contributed by atoms with E-state index in [2.05, 4.69) is 13.8 Å². The molecule has 4 fully saturated rings. The first kappa shape index (κ1) is 15.8. The number of aliphatic hydroxyl groups is 1. The maximum absolute atomic E-state index is 10.7.